The Kier molecular flexibility index (Phi) is 4.72. The minimum atomic E-state index is 0.465. The van der Waals surface area contributed by atoms with Crippen LogP contribution in [0.2, 0.25) is 5.15 Å². The molecule has 106 valence electrons. The Morgan fingerprint density at radius 1 is 1.21 bits per heavy atom. The van der Waals surface area contributed by atoms with Crippen molar-refractivity contribution in [3.8, 4) is 0 Å². The lowest BCUT2D eigenvalue weighted by Gasteiger charge is -2.37. The van der Waals surface area contributed by atoms with Crippen LogP contribution in [-0.4, -0.2) is 11.5 Å². The zero-order valence-corrected chi connectivity index (χ0v) is 13.0. The Morgan fingerprint density at radius 3 is 2.47 bits per heavy atom. The van der Waals surface area contributed by atoms with Gasteiger partial charge in [-0.1, -0.05) is 38.4 Å². The van der Waals surface area contributed by atoms with Gasteiger partial charge in [0.15, 0.2) is 0 Å². The van der Waals surface area contributed by atoms with E-state index in [2.05, 4.69) is 31.1 Å². The Labute approximate surface area is 122 Å². The predicted molar refractivity (Wildman–Crippen MR) is 82.6 cm³/mol. The molecule has 2 nitrogen and oxygen atoms in total. The molecule has 1 heterocycles. The first-order chi connectivity index (χ1) is 8.95. The Morgan fingerprint density at radius 2 is 1.89 bits per heavy atom. The highest BCUT2D eigenvalue weighted by atomic mass is 35.5. The third-order valence-corrected chi connectivity index (χ3v) is 4.57. The maximum atomic E-state index is 5.88. The predicted octanol–water partition coefficient (Wildman–Crippen LogP) is 5.00. The molecular weight excluding hydrogens is 256 g/mol. The minimum Gasteiger partial charge on any atom is -0.370 e. The summed E-state index contributed by atoms with van der Waals surface area (Å²) < 4.78 is 0. The first kappa shape index (κ1) is 14.6. The van der Waals surface area contributed by atoms with Gasteiger partial charge in [0.05, 0.1) is 0 Å². The van der Waals surface area contributed by atoms with Crippen molar-refractivity contribution in [2.75, 3.05) is 11.9 Å². The summed E-state index contributed by atoms with van der Waals surface area (Å²) in [6, 6.07) is 5.72. The van der Waals surface area contributed by atoms with Crippen LogP contribution in [0.1, 0.15) is 46.5 Å². The first-order valence-corrected chi connectivity index (χ1v) is 7.69. The molecule has 0 aromatic carbocycles. The highest BCUT2D eigenvalue weighted by Crippen LogP contribution is 2.39. The summed E-state index contributed by atoms with van der Waals surface area (Å²) in [7, 11) is 0. The van der Waals surface area contributed by atoms with Crippen LogP contribution < -0.4 is 5.32 Å². The van der Waals surface area contributed by atoms with Crippen molar-refractivity contribution in [3.63, 3.8) is 0 Å². The van der Waals surface area contributed by atoms with Crippen LogP contribution in [-0.2, 0) is 0 Å². The minimum absolute atomic E-state index is 0.465. The number of rotatable bonds is 3. The molecule has 1 aliphatic carbocycles. The van der Waals surface area contributed by atoms with Gasteiger partial charge in [-0.05, 0) is 55.1 Å². The number of hydrogen-bond donors (Lipinski definition) is 1. The van der Waals surface area contributed by atoms with Gasteiger partial charge in [0.25, 0.3) is 0 Å². The van der Waals surface area contributed by atoms with E-state index in [0.29, 0.717) is 10.6 Å². The van der Waals surface area contributed by atoms with E-state index < -0.39 is 0 Å². The van der Waals surface area contributed by atoms with Crippen molar-refractivity contribution in [1.82, 2.24) is 4.98 Å². The molecule has 1 aromatic rings. The van der Waals surface area contributed by atoms with Crippen molar-refractivity contribution in [3.05, 3.63) is 23.4 Å². The van der Waals surface area contributed by atoms with Gasteiger partial charge in [0.1, 0.15) is 11.0 Å². The van der Waals surface area contributed by atoms with Gasteiger partial charge in [-0.2, -0.15) is 0 Å². The lowest BCUT2D eigenvalue weighted by atomic mass is 9.70. The number of aromatic nitrogens is 1. The van der Waals surface area contributed by atoms with E-state index in [1.54, 1.807) is 6.07 Å². The molecule has 0 spiro atoms. The third kappa shape index (κ3) is 4.38. The Hall–Kier alpha value is -0.760. The molecule has 0 aliphatic heterocycles. The second-order valence-electron chi connectivity index (χ2n) is 6.81. The molecule has 1 fully saturated rings. The number of hydrogen-bond acceptors (Lipinski definition) is 2. The van der Waals surface area contributed by atoms with Gasteiger partial charge in [-0.15, -0.1) is 0 Å². The standard InChI is InChI=1S/C16H25ClN2/c1-16(2,3)13-9-7-12(8-10-13)11-18-15-6-4-5-14(17)19-15/h4-6,12-13H,7-11H2,1-3H3,(H,18,19). The quantitative estimate of drug-likeness (QED) is 0.788. The zero-order valence-electron chi connectivity index (χ0n) is 12.2. The summed E-state index contributed by atoms with van der Waals surface area (Å²) in [4.78, 5) is 4.27. The summed E-state index contributed by atoms with van der Waals surface area (Å²) >= 11 is 5.88. The molecular formula is C16H25ClN2. The first-order valence-electron chi connectivity index (χ1n) is 7.31. The molecule has 2 rings (SSSR count). The third-order valence-electron chi connectivity index (χ3n) is 4.36. The van der Waals surface area contributed by atoms with E-state index in [0.717, 1.165) is 24.2 Å². The van der Waals surface area contributed by atoms with Gasteiger partial charge in [-0.25, -0.2) is 4.98 Å². The van der Waals surface area contributed by atoms with Crippen molar-refractivity contribution < 1.29 is 0 Å². The SMILES string of the molecule is CC(C)(C)C1CCC(CNc2cccc(Cl)n2)CC1. The van der Waals surface area contributed by atoms with Gasteiger partial charge in [-0.3, -0.25) is 0 Å². The average Bonchev–Trinajstić information content (AvgIpc) is 2.36. The van der Waals surface area contributed by atoms with Crippen LogP contribution in [0.5, 0.6) is 0 Å². The normalized spacial score (nSPS) is 24.2. The second kappa shape index (κ2) is 6.13. The molecule has 0 bridgehead atoms. The van der Waals surface area contributed by atoms with E-state index in [9.17, 15) is 0 Å². The second-order valence-corrected chi connectivity index (χ2v) is 7.20. The lowest BCUT2D eigenvalue weighted by Crippen LogP contribution is -2.28. The number of halogens is 1. The van der Waals surface area contributed by atoms with Crippen LogP contribution >= 0.6 is 11.6 Å². The number of nitrogens with one attached hydrogen (secondary N) is 1. The Bertz CT molecular complexity index is 403. The van der Waals surface area contributed by atoms with Crippen LogP contribution in [0.25, 0.3) is 0 Å². The van der Waals surface area contributed by atoms with Gasteiger partial charge >= 0.3 is 0 Å². The molecule has 1 saturated carbocycles. The monoisotopic (exact) mass is 280 g/mol. The molecule has 1 N–H and O–H groups in total. The molecule has 0 unspecified atom stereocenters. The lowest BCUT2D eigenvalue weighted by molar-refractivity contribution is 0.153. The van der Waals surface area contributed by atoms with Crippen molar-refractivity contribution >= 4 is 17.4 Å². The summed E-state index contributed by atoms with van der Waals surface area (Å²) in [6.07, 6.45) is 5.38. The Balaban J connectivity index is 1.77. The van der Waals surface area contributed by atoms with E-state index in [1.807, 2.05) is 12.1 Å². The highest BCUT2D eigenvalue weighted by Gasteiger charge is 2.29. The van der Waals surface area contributed by atoms with Gasteiger partial charge in [0, 0.05) is 6.54 Å². The molecule has 19 heavy (non-hydrogen) atoms. The molecule has 3 heteroatoms. The smallest absolute Gasteiger partial charge is 0.131 e. The fraction of sp³-hybridized carbons (Fsp3) is 0.688. The number of nitrogens with zero attached hydrogens (tertiary/aromatic N) is 1. The van der Waals surface area contributed by atoms with Crippen molar-refractivity contribution in [1.29, 1.82) is 0 Å². The van der Waals surface area contributed by atoms with Crippen molar-refractivity contribution in [2.45, 2.75) is 46.5 Å². The fourth-order valence-electron chi connectivity index (χ4n) is 2.99. The van der Waals surface area contributed by atoms with Crippen LogP contribution in [0.3, 0.4) is 0 Å². The van der Waals surface area contributed by atoms with Crippen molar-refractivity contribution in [2.24, 2.45) is 17.3 Å². The fourth-order valence-corrected chi connectivity index (χ4v) is 3.15. The molecule has 1 aliphatic rings. The van der Waals surface area contributed by atoms with Gasteiger partial charge in [0.2, 0.25) is 0 Å². The molecule has 0 saturated heterocycles. The maximum Gasteiger partial charge on any atom is 0.131 e. The van der Waals surface area contributed by atoms with Crippen LogP contribution in [0, 0.1) is 17.3 Å². The zero-order chi connectivity index (χ0) is 13.9. The summed E-state index contributed by atoms with van der Waals surface area (Å²) in [6.45, 7) is 8.12. The molecule has 0 amide bonds. The number of anilines is 1. The van der Waals surface area contributed by atoms with E-state index in [1.165, 1.54) is 25.7 Å². The maximum absolute atomic E-state index is 5.88. The largest absolute Gasteiger partial charge is 0.370 e. The van der Waals surface area contributed by atoms with E-state index in [-0.39, 0.29) is 0 Å². The molecule has 0 radical (unpaired) electrons. The summed E-state index contributed by atoms with van der Waals surface area (Å²) in [5.41, 5.74) is 0.465. The average molecular weight is 281 g/mol. The highest BCUT2D eigenvalue weighted by molar-refractivity contribution is 6.29. The van der Waals surface area contributed by atoms with E-state index >= 15 is 0 Å². The molecule has 1 aromatic heterocycles. The van der Waals surface area contributed by atoms with Gasteiger partial charge < -0.3 is 5.32 Å². The van der Waals surface area contributed by atoms with Crippen LogP contribution in [0.15, 0.2) is 18.2 Å². The number of pyridine rings is 1. The van der Waals surface area contributed by atoms with Crippen LogP contribution in [0.4, 0.5) is 5.82 Å². The van der Waals surface area contributed by atoms with E-state index in [4.69, 9.17) is 11.6 Å². The topological polar surface area (TPSA) is 24.9 Å². The molecule has 0 atom stereocenters. The summed E-state index contributed by atoms with van der Waals surface area (Å²) in [5, 5.41) is 3.97. The summed E-state index contributed by atoms with van der Waals surface area (Å²) in [5.74, 6) is 2.55.